The largest absolute Gasteiger partial charge is 0.465 e. The summed E-state index contributed by atoms with van der Waals surface area (Å²) in [6.07, 6.45) is 2.98. The van der Waals surface area contributed by atoms with E-state index >= 15 is 0 Å². The zero-order valence-electron chi connectivity index (χ0n) is 14.8. The molecule has 0 aliphatic carbocycles. The maximum Gasteiger partial charge on any atom is 0.338 e. The van der Waals surface area contributed by atoms with E-state index in [2.05, 4.69) is 10.1 Å². The minimum atomic E-state index is -0.734. The summed E-state index contributed by atoms with van der Waals surface area (Å²) >= 11 is 6.44. The molecule has 0 saturated heterocycles. The summed E-state index contributed by atoms with van der Waals surface area (Å²) in [5, 5.41) is 3.80. The number of carbonyl (C=O) groups excluding carboxylic acids is 1. The van der Waals surface area contributed by atoms with Crippen LogP contribution in [0.25, 0.3) is 28.0 Å². The first-order valence-corrected chi connectivity index (χ1v) is 8.53. The second-order valence-corrected chi connectivity index (χ2v) is 6.41. The molecule has 142 valence electrons. The number of methoxy groups -OCH3 is 1. The number of nitrogens with zero attached hydrogens (tertiary/aromatic N) is 4. The first-order chi connectivity index (χ1) is 13.4. The summed E-state index contributed by atoms with van der Waals surface area (Å²) in [5.41, 5.74) is 1.16. The van der Waals surface area contributed by atoms with Crippen molar-refractivity contribution < 1.29 is 18.3 Å². The van der Waals surface area contributed by atoms with Gasteiger partial charge in [-0.25, -0.2) is 14.2 Å². The average Bonchev–Trinajstić information content (AvgIpc) is 3.19. The number of imidazole rings is 1. The van der Waals surface area contributed by atoms with Crippen LogP contribution in [0.15, 0.2) is 42.7 Å². The van der Waals surface area contributed by atoms with Crippen LogP contribution in [-0.2, 0) is 11.8 Å². The van der Waals surface area contributed by atoms with Crippen LogP contribution < -0.4 is 0 Å². The predicted octanol–water partition coefficient (Wildman–Crippen LogP) is 4.12. The molecule has 0 unspecified atom stereocenters. The quantitative estimate of drug-likeness (QED) is 0.484. The number of hydrogen-bond acceptors (Lipinski definition) is 4. The van der Waals surface area contributed by atoms with Crippen molar-refractivity contribution in [1.29, 1.82) is 0 Å². The first kappa shape index (κ1) is 18.1. The number of pyridine rings is 1. The van der Waals surface area contributed by atoms with Gasteiger partial charge in [-0.3, -0.25) is 9.08 Å². The Balaban J connectivity index is 1.97. The Morgan fingerprint density at radius 1 is 1.21 bits per heavy atom. The van der Waals surface area contributed by atoms with Crippen LogP contribution in [0.4, 0.5) is 8.78 Å². The van der Waals surface area contributed by atoms with Crippen LogP contribution in [0, 0.1) is 11.8 Å². The molecule has 9 heteroatoms. The summed E-state index contributed by atoms with van der Waals surface area (Å²) in [4.78, 5) is 16.1. The number of hydrogen-bond donors (Lipinski definition) is 0. The molecule has 4 aromatic rings. The van der Waals surface area contributed by atoms with Crippen LogP contribution in [0.2, 0.25) is 5.15 Å². The average molecular weight is 403 g/mol. The highest BCUT2D eigenvalue weighted by Crippen LogP contribution is 2.38. The van der Waals surface area contributed by atoms with Gasteiger partial charge in [0.1, 0.15) is 22.3 Å². The molecule has 0 fully saturated rings. The van der Waals surface area contributed by atoms with Crippen molar-refractivity contribution in [3.8, 4) is 22.4 Å². The summed E-state index contributed by atoms with van der Waals surface area (Å²) in [7, 11) is 2.84. The second kappa shape index (κ2) is 6.72. The molecule has 0 saturated carbocycles. The number of benzene rings is 1. The third-order valence-corrected chi connectivity index (χ3v) is 4.67. The van der Waals surface area contributed by atoms with E-state index < -0.39 is 17.7 Å². The molecule has 1 aromatic carbocycles. The second-order valence-electron chi connectivity index (χ2n) is 6.06. The number of ether oxygens (including phenoxy) is 1. The van der Waals surface area contributed by atoms with Gasteiger partial charge >= 0.3 is 5.97 Å². The van der Waals surface area contributed by atoms with Gasteiger partial charge in [0.25, 0.3) is 0 Å². The van der Waals surface area contributed by atoms with Gasteiger partial charge in [0.15, 0.2) is 0 Å². The highest BCUT2D eigenvalue weighted by atomic mass is 35.5. The fourth-order valence-electron chi connectivity index (χ4n) is 3.05. The van der Waals surface area contributed by atoms with E-state index in [4.69, 9.17) is 16.3 Å². The number of halogens is 3. The van der Waals surface area contributed by atoms with Gasteiger partial charge in [-0.15, -0.1) is 5.10 Å². The topological polar surface area (TPSA) is 61.4 Å². The number of fused-ring (bicyclic) bond motifs is 1. The van der Waals surface area contributed by atoms with Crippen LogP contribution in [0.5, 0.6) is 0 Å². The SMILES string of the molecule is COC(=O)c1ccn2c(Cl)c(-c3c(F)cccc3-c3cn(C)nc3F)nc2c1. The van der Waals surface area contributed by atoms with Gasteiger partial charge in [0.2, 0.25) is 5.95 Å². The van der Waals surface area contributed by atoms with Crippen molar-refractivity contribution in [3.05, 3.63) is 65.2 Å². The molecular weight excluding hydrogens is 390 g/mol. The van der Waals surface area contributed by atoms with Gasteiger partial charge in [0, 0.05) is 30.6 Å². The Kier molecular flexibility index (Phi) is 4.35. The fraction of sp³-hybridized carbons (Fsp3) is 0.105. The molecular formula is C19H13ClF2N4O2. The minimum Gasteiger partial charge on any atom is -0.465 e. The van der Waals surface area contributed by atoms with E-state index in [0.29, 0.717) is 5.65 Å². The third kappa shape index (κ3) is 2.82. The van der Waals surface area contributed by atoms with Gasteiger partial charge < -0.3 is 4.74 Å². The predicted molar refractivity (Wildman–Crippen MR) is 99.1 cm³/mol. The molecule has 0 radical (unpaired) electrons. The van der Waals surface area contributed by atoms with E-state index in [0.717, 1.165) is 0 Å². The lowest BCUT2D eigenvalue weighted by Crippen LogP contribution is -2.01. The molecule has 0 bridgehead atoms. The van der Waals surface area contributed by atoms with Crippen LogP contribution in [-0.4, -0.2) is 32.2 Å². The number of rotatable bonds is 3. The lowest BCUT2D eigenvalue weighted by atomic mass is 9.99. The monoisotopic (exact) mass is 402 g/mol. The Hall–Kier alpha value is -3.26. The van der Waals surface area contributed by atoms with Crippen molar-refractivity contribution in [2.45, 2.75) is 0 Å². The van der Waals surface area contributed by atoms with Crippen molar-refractivity contribution >= 4 is 23.2 Å². The molecule has 0 atom stereocenters. The van der Waals surface area contributed by atoms with E-state index in [1.807, 2.05) is 0 Å². The number of aromatic nitrogens is 4. The molecule has 3 heterocycles. The van der Waals surface area contributed by atoms with E-state index in [9.17, 15) is 13.6 Å². The summed E-state index contributed by atoms with van der Waals surface area (Å²) in [5.74, 6) is -1.88. The summed E-state index contributed by atoms with van der Waals surface area (Å²) in [6, 6.07) is 7.28. The molecule has 3 aromatic heterocycles. The van der Waals surface area contributed by atoms with Crippen LogP contribution >= 0.6 is 11.6 Å². The standard InChI is InChI=1S/C19H13ClF2N4O2/c1-25-9-12(18(22)24-25)11-4-3-5-13(21)15(11)16-17(20)26-7-6-10(19(27)28-2)8-14(26)23-16/h3-9H,1-2H3. The van der Waals surface area contributed by atoms with Crippen LogP contribution in [0.3, 0.4) is 0 Å². The third-order valence-electron chi connectivity index (χ3n) is 4.31. The highest BCUT2D eigenvalue weighted by molar-refractivity contribution is 6.32. The molecule has 6 nitrogen and oxygen atoms in total. The molecule has 0 aliphatic heterocycles. The zero-order valence-corrected chi connectivity index (χ0v) is 15.5. The highest BCUT2D eigenvalue weighted by Gasteiger charge is 2.23. The molecule has 0 amide bonds. The van der Waals surface area contributed by atoms with Gasteiger partial charge in [-0.1, -0.05) is 23.7 Å². The normalized spacial score (nSPS) is 11.2. The Morgan fingerprint density at radius 3 is 2.68 bits per heavy atom. The molecule has 0 aliphatic rings. The summed E-state index contributed by atoms with van der Waals surface area (Å²) in [6.45, 7) is 0. The van der Waals surface area contributed by atoms with E-state index in [-0.39, 0.29) is 33.1 Å². The van der Waals surface area contributed by atoms with Gasteiger partial charge in [0.05, 0.1) is 18.2 Å². The maximum atomic E-state index is 14.8. The number of carbonyl (C=O) groups is 1. The molecule has 0 spiro atoms. The Morgan fingerprint density at radius 2 is 2.00 bits per heavy atom. The zero-order chi connectivity index (χ0) is 20.0. The minimum absolute atomic E-state index is 0.0442. The Bertz CT molecular complexity index is 1230. The maximum absolute atomic E-state index is 14.8. The van der Waals surface area contributed by atoms with Gasteiger partial charge in [-0.05, 0) is 18.2 Å². The molecule has 4 rings (SSSR count). The van der Waals surface area contributed by atoms with Gasteiger partial charge in [-0.2, -0.15) is 4.39 Å². The van der Waals surface area contributed by atoms with Crippen molar-refractivity contribution in [2.24, 2.45) is 7.05 Å². The number of aryl methyl sites for hydroxylation is 1. The van der Waals surface area contributed by atoms with Crippen molar-refractivity contribution in [3.63, 3.8) is 0 Å². The Labute approximate surface area is 162 Å². The lowest BCUT2D eigenvalue weighted by Gasteiger charge is -2.08. The van der Waals surface area contributed by atoms with Crippen molar-refractivity contribution in [2.75, 3.05) is 7.11 Å². The van der Waals surface area contributed by atoms with Crippen LogP contribution in [0.1, 0.15) is 10.4 Å². The fourth-order valence-corrected chi connectivity index (χ4v) is 3.33. The first-order valence-electron chi connectivity index (χ1n) is 8.15. The molecule has 0 N–H and O–H groups in total. The smallest absolute Gasteiger partial charge is 0.338 e. The summed E-state index contributed by atoms with van der Waals surface area (Å²) < 4.78 is 36.5. The van der Waals surface area contributed by atoms with E-state index in [1.54, 1.807) is 13.1 Å². The lowest BCUT2D eigenvalue weighted by molar-refractivity contribution is 0.0600. The molecule has 28 heavy (non-hydrogen) atoms. The van der Waals surface area contributed by atoms with Crippen molar-refractivity contribution in [1.82, 2.24) is 19.2 Å². The van der Waals surface area contributed by atoms with E-state index in [1.165, 1.54) is 52.9 Å². The number of esters is 1.